The molecule has 1 aliphatic rings. The van der Waals surface area contributed by atoms with E-state index in [4.69, 9.17) is 0 Å². The van der Waals surface area contributed by atoms with Gasteiger partial charge >= 0.3 is 0 Å². The van der Waals surface area contributed by atoms with Gasteiger partial charge in [0, 0.05) is 18.8 Å². The number of nitrogens with zero attached hydrogens (tertiary/aromatic N) is 3. The SMILES string of the molecule is CCN(CC)c1ccc2nc(C3=NC(=O)CS3)sc2c1. The molecule has 3 rings (SSSR count). The van der Waals surface area contributed by atoms with Crippen molar-refractivity contribution in [1.82, 2.24) is 4.98 Å². The van der Waals surface area contributed by atoms with E-state index in [9.17, 15) is 4.79 Å². The minimum Gasteiger partial charge on any atom is -0.372 e. The predicted octanol–water partition coefficient (Wildman–Crippen LogP) is 3.16. The Kier molecular flexibility index (Phi) is 3.76. The molecule has 0 saturated heterocycles. The summed E-state index contributed by atoms with van der Waals surface area (Å²) >= 11 is 3.08. The maximum atomic E-state index is 11.2. The lowest BCUT2D eigenvalue weighted by atomic mass is 10.2. The van der Waals surface area contributed by atoms with E-state index < -0.39 is 0 Å². The summed E-state index contributed by atoms with van der Waals surface area (Å²) in [5, 5.41) is 1.62. The summed E-state index contributed by atoms with van der Waals surface area (Å²) in [6.45, 7) is 6.29. The molecule has 0 aliphatic carbocycles. The zero-order chi connectivity index (χ0) is 14.1. The standard InChI is InChI=1S/C14H15N3OS2/c1-3-17(4-2)9-5-6-10-11(7-9)20-14(15-10)13-16-12(18)8-19-13/h5-7H,3-4,8H2,1-2H3. The normalized spacial score (nSPS) is 14.9. The van der Waals surface area contributed by atoms with Gasteiger partial charge in [0.1, 0.15) is 10.1 Å². The average molecular weight is 305 g/mol. The molecule has 0 spiro atoms. The van der Waals surface area contributed by atoms with Crippen molar-refractivity contribution in [2.45, 2.75) is 13.8 Å². The highest BCUT2D eigenvalue weighted by Crippen LogP contribution is 2.30. The highest BCUT2D eigenvalue weighted by Gasteiger charge is 2.20. The summed E-state index contributed by atoms with van der Waals surface area (Å²) in [6.07, 6.45) is 0. The Morgan fingerprint density at radius 2 is 2.10 bits per heavy atom. The second kappa shape index (κ2) is 5.54. The summed E-state index contributed by atoms with van der Waals surface area (Å²) in [7, 11) is 0. The molecule has 20 heavy (non-hydrogen) atoms. The predicted molar refractivity (Wildman–Crippen MR) is 87.2 cm³/mol. The quantitative estimate of drug-likeness (QED) is 0.870. The van der Waals surface area contributed by atoms with Gasteiger partial charge in [-0.1, -0.05) is 11.8 Å². The maximum Gasteiger partial charge on any atom is 0.257 e. The minimum atomic E-state index is -0.0620. The van der Waals surface area contributed by atoms with Crippen LogP contribution in [0.4, 0.5) is 5.69 Å². The van der Waals surface area contributed by atoms with Crippen molar-refractivity contribution in [3.8, 4) is 0 Å². The van der Waals surface area contributed by atoms with Gasteiger partial charge in [-0.3, -0.25) is 4.79 Å². The molecule has 1 aromatic heterocycles. The first-order valence-corrected chi connectivity index (χ1v) is 8.41. The molecule has 0 fully saturated rings. The van der Waals surface area contributed by atoms with Gasteiger partial charge in [0.2, 0.25) is 0 Å². The number of aliphatic imine (C=N–C) groups is 1. The molecule has 2 aromatic rings. The van der Waals surface area contributed by atoms with Gasteiger partial charge in [-0.15, -0.1) is 11.3 Å². The fourth-order valence-corrected chi connectivity index (χ4v) is 4.05. The number of benzene rings is 1. The Hall–Kier alpha value is -1.40. The Morgan fingerprint density at radius 1 is 1.30 bits per heavy atom. The van der Waals surface area contributed by atoms with E-state index in [1.54, 1.807) is 11.3 Å². The van der Waals surface area contributed by atoms with E-state index >= 15 is 0 Å². The van der Waals surface area contributed by atoms with E-state index in [1.165, 1.54) is 17.4 Å². The number of thiazole rings is 1. The monoisotopic (exact) mass is 305 g/mol. The van der Waals surface area contributed by atoms with Gasteiger partial charge in [-0.05, 0) is 32.0 Å². The van der Waals surface area contributed by atoms with E-state index in [1.807, 2.05) is 6.07 Å². The van der Waals surface area contributed by atoms with Crippen LogP contribution in [0.15, 0.2) is 23.2 Å². The average Bonchev–Trinajstić information content (AvgIpc) is 3.05. The van der Waals surface area contributed by atoms with Crippen molar-refractivity contribution in [2.24, 2.45) is 4.99 Å². The number of carbonyl (C=O) groups excluding carboxylic acids is 1. The van der Waals surface area contributed by atoms with E-state index in [2.05, 4.69) is 40.9 Å². The number of amides is 1. The topological polar surface area (TPSA) is 45.6 Å². The molecule has 0 N–H and O–H groups in total. The highest BCUT2D eigenvalue weighted by molar-refractivity contribution is 8.15. The zero-order valence-corrected chi connectivity index (χ0v) is 13.1. The molecule has 0 radical (unpaired) electrons. The van der Waals surface area contributed by atoms with Crippen LogP contribution < -0.4 is 4.90 Å². The van der Waals surface area contributed by atoms with Crippen LogP contribution in [0.3, 0.4) is 0 Å². The number of thioether (sulfide) groups is 1. The largest absolute Gasteiger partial charge is 0.372 e. The van der Waals surface area contributed by atoms with Gasteiger partial charge in [0.15, 0.2) is 0 Å². The van der Waals surface area contributed by atoms with E-state index in [-0.39, 0.29) is 5.91 Å². The van der Waals surface area contributed by atoms with Crippen molar-refractivity contribution in [3.63, 3.8) is 0 Å². The summed E-state index contributed by atoms with van der Waals surface area (Å²) < 4.78 is 1.15. The lowest BCUT2D eigenvalue weighted by Gasteiger charge is -2.20. The number of rotatable bonds is 4. The smallest absolute Gasteiger partial charge is 0.257 e. The van der Waals surface area contributed by atoms with Gasteiger partial charge in [0.25, 0.3) is 5.91 Å². The molecule has 0 unspecified atom stereocenters. The number of aromatic nitrogens is 1. The fraction of sp³-hybridized carbons (Fsp3) is 0.357. The molecule has 2 heterocycles. The molecule has 1 amide bonds. The summed E-state index contributed by atoms with van der Waals surface area (Å²) in [6, 6.07) is 6.32. The molecule has 6 heteroatoms. The Labute approximate surface area is 125 Å². The summed E-state index contributed by atoms with van der Waals surface area (Å²) in [5.74, 6) is 0.378. The molecule has 104 valence electrons. The van der Waals surface area contributed by atoms with Crippen molar-refractivity contribution in [2.75, 3.05) is 23.7 Å². The Bertz CT molecular complexity index is 689. The molecule has 0 bridgehead atoms. The van der Waals surface area contributed by atoms with Crippen LogP contribution in [0.25, 0.3) is 10.2 Å². The van der Waals surface area contributed by atoms with E-state index in [0.29, 0.717) is 5.75 Å². The third kappa shape index (κ3) is 2.45. The van der Waals surface area contributed by atoms with Crippen molar-refractivity contribution >= 4 is 50.0 Å². The van der Waals surface area contributed by atoms with E-state index in [0.717, 1.165) is 33.4 Å². The number of anilines is 1. The van der Waals surface area contributed by atoms with Crippen LogP contribution in [0.2, 0.25) is 0 Å². The molecular formula is C14H15N3OS2. The third-order valence-corrected chi connectivity index (χ3v) is 5.35. The molecule has 1 aliphatic heterocycles. The highest BCUT2D eigenvalue weighted by atomic mass is 32.2. The maximum absolute atomic E-state index is 11.2. The van der Waals surface area contributed by atoms with Crippen LogP contribution in [0.5, 0.6) is 0 Å². The third-order valence-electron chi connectivity index (χ3n) is 3.24. The van der Waals surface area contributed by atoms with Crippen LogP contribution >= 0.6 is 23.1 Å². The molecule has 1 aromatic carbocycles. The zero-order valence-electron chi connectivity index (χ0n) is 11.4. The van der Waals surface area contributed by atoms with Crippen LogP contribution in [0.1, 0.15) is 18.9 Å². The molecular weight excluding hydrogens is 290 g/mol. The number of fused-ring (bicyclic) bond motifs is 1. The van der Waals surface area contributed by atoms with Crippen LogP contribution in [-0.2, 0) is 4.79 Å². The first kappa shape index (κ1) is 13.6. The van der Waals surface area contributed by atoms with Crippen molar-refractivity contribution in [1.29, 1.82) is 0 Å². The first-order chi connectivity index (χ1) is 9.71. The number of hydrogen-bond donors (Lipinski definition) is 0. The van der Waals surface area contributed by atoms with Crippen LogP contribution in [-0.4, -0.2) is 34.8 Å². The second-order valence-electron chi connectivity index (χ2n) is 4.44. The lowest BCUT2D eigenvalue weighted by Crippen LogP contribution is -2.21. The van der Waals surface area contributed by atoms with Crippen molar-refractivity contribution < 1.29 is 4.79 Å². The lowest BCUT2D eigenvalue weighted by molar-refractivity contribution is -0.115. The van der Waals surface area contributed by atoms with Gasteiger partial charge < -0.3 is 4.90 Å². The first-order valence-electron chi connectivity index (χ1n) is 6.61. The molecule has 0 atom stereocenters. The number of hydrogen-bond acceptors (Lipinski definition) is 5. The Balaban J connectivity index is 1.99. The Morgan fingerprint density at radius 3 is 2.75 bits per heavy atom. The number of carbonyl (C=O) groups is 1. The summed E-state index contributed by atoms with van der Waals surface area (Å²) in [4.78, 5) is 22.1. The summed E-state index contributed by atoms with van der Waals surface area (Å²) in [5.41, 5.74) is 2.19. The minimum absolute atomic E-state index is 0.0620. The molecule has 0 saturated carbocycles. The van der Waals surface area contributed by atoms with Gasteiger partial charge in [0.05, 0.1) is 16.0 Å². The molecule has 4 nitrogen and oxygen atoms in total. The van der Waals surface area contributed by atoms with Gasteiger partial charge in [-0.2, -0.15) is 0 Å². The van der Waals surface area contributed by atoms with Gasteiger partial charge in [-0.25, -0.2) is 9.98 Å². The van der Waals surface area contributed by atoms with Crippen LogP contribution in [0, 0.1) is 0 Å². The second-order valence-corrected chi connectivity index (χ2v) is 6.44. The fourth-order valence-electron chi connectivity index (χ4n) is 2.21. The van der Waals surface area contributed by atoms with Crippen molar-refractivity contribution in [3.05, 3.63) is 23.2 Å².